The zero-order valence-corrected chi connectivity index (χ0v) is 10.9. The third kappa shape index (κ3) is 3.38. The Balaban J connectivity index is 1.93. The summed E-state index contributed by atoms with van der Waals surface area (Å²) in [6.07, 6.45) is 2.25. The summed E-state index contributed by atoms with van der Waals surface area (Å²) in [6.45, 7) is 1.94. The molecule has 2 rings (SSSR count). The highest BCUT2D eigenvalue weighted by molar-refractivity contribution is 7.15. The van der Waals surface area contributed by atoms with Crippen molar-refractivity contribution in [3.8, 4) is 0 Å². The Morgan fingerprint density at radius 3 is 2.78 bits per heavy atom. The van der Waals surface area contributed by atoms with Gasteiger partial charge in [0.15, 0.2) is 5.13 Å². The number of aryl methyl sites for hydroxylation is 1. The summed E-state index contributed by atoms with van der Waals surface area (Å²) in [7, 11) is 0. The number of nitrogens with two attached hydrogens (primary N) is 1. The van der Waals surface area contributed by atoms with E-state index in [0.717, 1.165) is 10.4 Å². The predicted octanol–water partition coefficient (Wildman–Crippen LogP) is 1.96. The number of anilines is 1. The molecule has 0 bridgehead atoms. The Kier molecular flexibility index (Phi) is 4.07. The Labute approximate surface area is 110 Å². The first-order valence-electron chi connectivity index (χ1n) is 5.68. The van der Waals surface area contributed by atoms with Crippen LogP contribution in [-0.4, -0.2) is 16.9 Å². The van der Waals surface area contributed by atoms with E-state index in [0.29, 0.717) is 11.6 Å². The van der Waals surface area contributed by atoms with Crippen molar-refractivity contribution in [1.29, 1.82) is 0 Å². The summed E-state index contributed by atoms with van der Waals surface area (Å²) in [6, 6.07) is 9.17. The molecular formula is C13H15N3OS. The summed E-state index contributed by atoms with van der Waals surface area (Å²) in [5.74, 6) is -0.201. The molecule has 0 aliphatic carbocycles. The van der Waals surface area contributed by atoms with Crippen LogP contribution in [0.25, 0.3) is 0 Å². The van der Waals surface area contributed by atoms with Crippen molar-refractivity contribution in [2.75, 3.05) is 5.32 Å². The molecule has 0 saturated heterocycles. The fourth-order valence-corrected chi connectivity index (χ4v) is 2.24. The van der Waals surface area contributed by atoms with Crippen molar-refractivity contribution in [2.45, 2.75) is 19.4 Å². The molecule has 18 heavy (non-hydrogen) atoms. The summed E-state index contributed by atoms with van der Waals surface area (Å²) >= 11 is 1.44. The van der Waals surface area contributed by atoms with Crippen molar-refractivity contribution >= 4 is 22.4 Å². The van der Waals surface area contributed by atoms with Crippen LogP contribution < -0.4 is 11.1 Å². The molecule has 3 N–H and O–H groups in total. The van der Waals surface area contributed by atoms with E-state index in [4.69, 9.17) is 5.73 Å². The molecule has 94 valence electrons. The second kappa shape index (κ2) is 5.75. The molecule has 4 nitrogen and oxygen atoms in total. The van der Waals surface area contributed by atoms with Gasteiger partial charge in [0, 0.05) is 11.1 Å². The minimum absolute atomic E-state index is 0.201. The Morgan fingerprint density at radius 2 is 2.17 bits per heavy atom. The van der Waals surface area contributed by atoms with Gasteiger partial charge in [0.1, 0.15) is 0 Å². The minimum Gasteiger partial charge on any atom is -0.320 e. The van der Waals surface area contributed by atoms with Crippen LogP contribution in [0.5, 0.6) is 0 Å². The Morgan fingerprint density at radius 1 is 1.44 bits per heavy atom. The maximum absolute atomic E-state index is 11.9. The van der Waals surface area contributed by atoms with Crippen LogP contribution in [0.4, 0.5) is 5.13 Å². The molecule has 0 saturated carbocycles. The van der Waals surface area contributed by atoms with Crippen LogP contribution in [0.15, 0.2) is 36.5 Å². The molecule has 0 unspecified atom stereocenters. The van der Waals surface area contributed by atoms with Gasteiger partial charge in [-0.3, -0.25) is 4.79 Å². The molecule has 1 aromatic carbocycles. The number of carbonyl (C=O) groups is 1. The number of hydrogen-bond donors (Lipinski definition) is 2. The first-order chi connectivity index (χ1) is 8.65. The average molecular weight is 261 g/mol. The van der Waals surface area contributed by atoms with E-state index in [1.165, 1.54) is 11.3 Å². The van der Waals surface area contributed by atoms with Crippen LogP contribution in [0.1, 0.15) is 10.4 Å². The number of carbonyl (C=O) groups excluding carboxylic acids is 1. The minimum atomic E-state index is -0.559. The summed E-state index contributed by atoms with van der Waals surface area (Å²) in [5.41, 5.74) is 6.92. The van der Waals surface area contributed by atoms with Crippen molar-refractivity contribution in [2.24, 2.45) is 5.73 Å². The number of nitrogens with one attached hydrogen (secondary N) is 1. The standard InChI is InChI=1S/C13H15N3OS/c1-9-8-15-13(18-9)16-12(17)11(14)7-10-5-3-2-4-6-10/h2-6,8,11H,7,14H2,1H3,(H,15,16,17)/t11-/m0/s1. The fraction of sp³-hybridized carbons (Fsp3) is 0.231. The van der Waals surface area contributed by atoms with E-state index in [-0.39, 0.29) is 5.91 Å². The molecule has 0 fully saturated rings. The molecule has 2 aromatic rings. The van der Waals surface area contributed by atoms with E-state index in [1.807, 2.05) is 37.3 Å². The quantitative estimate of drug-likeness (QED) is 0.884. The van der Waals surface area contributed by atoms with Gasteiger partial charge in [-0.25, -0.2) is 4.98 Å². The fourth-order valence-electron chi connectivity index (χ4n) is 1.57. The molecule has 5 heteroatoms. The second-order valence-electron chi connectivity index (χ2n) is 4.06. The highest BCUT2D eigenvalue weighted by Gasteiger charge is 2.15. The van der Waals surface area contributed by atoms with Crippen LogP contribution in [0.3, 0.4) is 0 Å². The van der Waals surface area contributed by atoms with Gasteiger partial charge in [0.2, 0.25) is 5.91 Å². The van der Waals surface area contributed by atoms with Gasteiger partial charge in [0.05, 0.1) is 6.04 Å². The lowest BCUT2D eigenvalue weighted by molar-refractivity contribution is -0.117. The largest absolute Gasteiger partial charge is 0.320 e. The molecule has 0 spiro atoms. The Bertz CT molecular complexity index is 524. The van der Waals surface area contributed by atoms with Gasteiger partial charge in [0.25, 0.3) is 0 Å². The first kappa shape index (κ1) is 12.7. The lowest BCUT2D eigenvalue weighted by Crippen LogP contribution is -2.37. The van der Waals surface area contributed by atoms with Crippen molar-refractivity contribution < 1.29 is 4.79 Å². The summed E-state index contributed by atoms with van der Waals surface area (Å²) in [4.78, 5) is 17.0. The maximum Gasteiger partial charge on any atom is 0.243 e. The number of aromatic nitrogens is 1. The number of benzene rings is 1. The molecule has 1 aromatic heterocycles. The number of rotatable bonds is 4. The van der Waals surface area contributed by atoms with Crippen molar-refractivity contribution in [3.05, 3.63) is 47.0 Å². The lowest BCUT2D eigenvalue weighted by Gasteiger charge is -2.10. The zero-order valence-electron chi connectivity index (χ0n) is 10.1. The predicted molar refractivity (Wildman–Crippen MR) is 73.6 cm³/mol. The second-order valence-corrected chi connectivity index (χ2v) is 5.30. The van der Waals surface area contributed by atoms with Gasteiger partial charge in [-0.1, -0.05) is 30.3 Å². The molecule has 0 aliphatic heterocycles. The monoisotopic (exact) mass is 261 g/mol. The van der Waals surface area contributed by atoms with E-state index < -0.39 is 6.04 Å². The van der Waals surface area contributed by atoms with Gasteiger partial charge in [-0.05, 0) is 18.9 Å². The SMILES string of the molecule is Cc1cnc(NC(=O)[C@@H](N)Cc2ccccc2)s1. The van der Waals surface area contributed by atoms with Crippen LogP contribution in [0.2, 0.25) is 0 Å². The number of hydrogen-bond acceptors (Lipinski definition) is 4. The van der Waals surface area contributed by atoms with E-state index in [9.17, 15) is 4.79 Å². The van der Waals surface area contributed by atoms with Crippen molar-refractivity contribution in [3.63, 3.8) is 0 Å². The highest BCUT2D eigenvalue weighted by atomic mass is 32.1. The lowest BCUT2D eigenvalue weighted by atomic mass is 10.1. The Hall–Kier alpha value is -1.72. The van der Waals surface area contributed by atoms with Gasteiger partial charge < -0.3 is 11.1 Å². The van der Waals surface area contributed by atoms with Crippen LogP contribution >= 0.6 is 11.3 Å². The molecule has 1 atom stereocenters. The van der Waals surface area contributed by atoms with E-state index >= 15 is 0 Å². The van der Waals surface area contributed by atoms with Crippen molar-refractivity contribution in [1.82, 2.24) is 4.98 Å². The normalized spacial score (nSPS) is 12.1. The van der Waals surface area contributed by atoms with E-state index in [1.54, 1.807) is 6.20 Å². The number of amides is 1. The highest BCUT2D eigenvalue weighted by Crippen LogP contribution is 2.16. The van der Waals surface area contributed by atoms with Gasteiger partial charge in [-0.15, -0.1) is 11.3 Å². The molecule has 1 amide bonds. The maximum atomic E-state index is 11.9. The smallest absolute Gasteiger partial charge is 0.243 e. The number of thiazole rings is 1. The number of nitrogens with zero attached hydrogens (tertiary/aromatic N) is 1. The zero-order chi connectivity index (χ0) is 13.0. The van der Waals surface area contributed by atoms with Gasteiger partial charge >= 0.3 is 0 Å². The topological polar surface area (TPSA) is 68.0 Å². The molecule has 1 heterocycles. The third-order valence-electron chi connectivity index (χ3n) is 2.49. The van der Waals surface area contributed by atoms with Gasteiger partial charge in [-0.2, -0.15) is 0 Å². The molecule has 0 radical (unpaired) electrons. The van der Waals surface area contributed by atoms with Crippen LogP contribution in [-0.2, 0) is 11.2 Å². The summed E-state index contributed by atoms with van der Waals surface area (Å²) in [5, 5.41) is 3.32. The molecule has 0 aliphatic rings. The average Bonchev–Trinajstić information content (AvgIpc) is 2.76. The third-order valence-corrected chi connectivity index (χ3v) is 3.31. The summed E-state index contributed by atoms with van der Waals surface area (Å²) < 4.78 is 0. The van der Waals surface area contributed by atoms with Crippen LogP contribution in [0, 0.1) is 6.92 Å². The van der Waals surface area contributed by atoms with E-state index in [2.05, 4.69) is 10.3 Å². The molecular weight excluding hydrogens is 246 g/mol. The first-order valence-corrected chi connectivity index (χ1v) is 6.49.